The van der Waals surface area contributed by atoms with Gasteiger partial charge in [-0.3, -0.25) is 4.79 Å². The summed E-state index contributed by atoms with van der Waals surface area (Å²) < 4.78 is 7.27. The second-order valence-corrected chi connectivity index (χ2v) is 6.37. The number of amides is 1. The second kappa shape index (κ2) is 7.04. The van der Waals surface area contributed by atoms with E-state index < -0.39 is 0 Å². The number of nitrogens with one attached hydrogen (secondary N) is 1. The Morgan fingerprint density at radius 1 is 1.12 bits per heavy atom. The summed E-state index contributed by atoms with van der Waals surface area (Å²) in [7, 11) is 1.63. The van der Waals surface area contributed by atoms with Crippen LogP contribution in [0.2, 0.25) is 0 Å². The van der Waals surface area contributed by atoms with E-state index in [0.717, 1.165) is 47.5 Å². The van der Waals surface area contributed by atoms with Gasteiger partial charge in [0.15, 0.2) is 5.69 Å². The zero-order valence-corrected chi connectivity index (χ0v) is 14.7. The molecule has 0 atom stereocenters. The van der Waals surface area contributed by atoms with Crippen LogP contribution in [-0.2, 0) is 19.4 Å². The molecule has 0 saturated carbocycles. The van der Waals surface area contributed by atoms with Crippen molar-refractivity contribution in [2.45, 2.75) is 25.8 Å². The molecule has 4 rings (SSSR count). The van der Waals surface area contributed by atoms with Crippen LogP contribution in [0.3, 0.4) is 0 Å². The SMILES string of the molecule is COc1ccccc1CNC(=O)c1nn(-c2ccccc2)c2c1CCC2. The van der Waals surface area contributed by atoms with E-state index in [9.17, 15) is 4.79 Å². The zero-order valence-electron chi connectivity index (χ0n) is 14.7. The number of fused-ring (bicyclic) bond motifs is 1. The lowest BCUT2D eigenvalue weighted by atomic mass is 10.1. The average molecular weight is 347 g/mol. The van der Waals surface area contributed by atoms with Crippen LogP contribution in [-0.4, -0.2) is 22.8 Å². The molecule has 0 fully saturated rings. The van der Waals surface area contributed by atoms with Gasteiger partial charge in [0.25, 0.3) is 5.91 Å². The molecule has 0 saturated heterocycles. The predicted octanol–water partition coefficient (Wildman–Crippen LogP) is 3.30. The summed E-state index contributed by atoms with van der Waals surface area (Å²) in [4.78, 5) is 12.8. The summed E-state index contributed by atoms with van der Waals surface area (Å²) >= 11 is 0. The summed E-state index contributed by atoms with van der Waals surface area (Å²) in [6, 6.07) is 17.7. The Kier molecular flexibility index (Phi) is 4.44. The maximum Gasteiger partial charge on any atom is 0.272 e. The van der Waals surface area contributed by atoms with Crippen LogP contribution in [0, 0.1) is 0 Å². The lowest BCUT2D eigenvalue weighted by molar-refractivity contribution is 0.0944. The summed E-state index contributed by atoms with van der Waals surface area (Å²) in [5, 5.41) is 7.62. The largest absolute Gasteiger partial charge is 0.496 e. The Labute approximate surface area is 152 Å². The molecule has 0 spiro atoms. The van der Waals surface area contributed by atoms with Crippen molar-refractivity contribution in [3.63, 3.8) is 0 Å². The van der Waals surface area contributed by atoms with Crippen LogP contribution in [0.15, 0.2) is 54.6 Å². The van der Waals surface area contributed by atoms with Crippen molar-refractivity contribution in [2.75, 3.05) is 7.11 Å². The van der Waals surface area contributed by atoms with Gasteiger partial charge in [-0.1, -0.05) is 36.4 Å². The molecule has 1 amide bonds. The van der Waals surface area contributed by atoms with Crippen molar-refractivity contribution in [3.05, 3.63) is 77.1 Å². The summed E-state index contributed by atoms with van der Waals surface area (Å²) in [6.07, 6.45) is 2.92. The van der Waals surface area contributed by atoms with Gasteiger partial charge in [0.05, 0.1) is 12.8 Å². The van der Waals surface area contributed by atoms with Crippen LogP contribution in [0.1, 0.15) is 33.7 Å². The van der Waals surface area contributed by atoms with Crippen LogP contribution < -0.4 is 10.1 Å². The number of ether oxygens (including phenoxy) is 1. The summed E-state index contributed by atoms with van der Waals surface area (Å²) in [6.45, 7) is 0.413. The number of hydrogen-bond donors (Lipinski definition) is 1. The number of para-hydroxylation sites is 2. The standard InChI is InChI=1S/C21H21N3O2/c1-26-19-13-6-5-8-15(19)14-22-21(25)20-17-11-7-12-18(17)24(23-20)16-9-3-2-4-10-16/h2-6,8-10,13H,7,11-12,14H2,1H3,(H,22,25). The van der Waals surface area contributed by atoms with Gasteiger partial charge in [-0.2, -0.15) is 5.10 Å². The maximum atomic E-state index is 12.8. The molecule has 0 aliphatic heterocycles. The Balaban J connectivity index is 1.59. The van der Waals surface area contributed by atoms with Gasteiger partial charge >= 0.3 is 0 Å². The zero-order chi connectivity index (χ0) is 17.9. The average Bonchev–Trinajstić information content (AvgIpc) is 3.29. The number of hydrogen-bond acceptors (Lipinski definition) is 3. The first-order valence-electron chi connectivity index (χ1n) is 8.84. The van der Waals surface area contributed by atoms with Crippen molar-refractivity contribution in [1.82, 2.24) is 15.1 Å². The third-order valence-electron chi connectivity index (χ3n) is 4.78. The topological polar surface area (TPSA) is 56.1 Å². The van der Waals surface area contributed by atoms with Crippen LogP contribution >= 0.6 is 0 Å². The molecule has 1 aliphatic carbocycles. The Hall–Kier alpha value is -3.08. The minimum Gasteiger partial charge on any atom is -0.496 e. The normalized spacial score (nSPS) is 12.7. The highest BCUT2D eigenvalue weighted by Gasteiger charge is 2.26. The molecule has 5 nitrogen and oxygen atoms in total. The maximum absolute atomic E-state index is 12.8. The molecule has 1 N–H and O–H groups in total. The van der Waals surface area contributed by atoms with E-state index in [2.05, 4.69) is 10.4 Å². The molecule has 0 unspecified atom stereocenters. The second-order valence-electron chi connectivity index (χ2n) is 6.37. The predicted molar refractivity (Wildman–Crippen MR) is 99.8 cm³/mol. The van der Waals surface area contributed by atoms with Crippen molar-refractivity contribution >= 4 is 5.91 Å². The van der Waals surface area contributed by atoms with E-state index >= 15 is 0 Å². The van der Waals surface area contributed by atoms with E-state index in [1.165, 1.54) is 0 Å². The number of carbonyl (C=O) groups is 1. The molecular weight excluding hydrogens is 326 g/mol. The summed E-state index contributed by atoms with van der Waals surface area (Å²) in [5.41, 5.74) is 4.71. The molecule has 26 heavy (non-hydrogen) atoms. The lowest BCUT2D eigenvalue weighted by Crippen LogP contribution is -2.24. The highest BCUT2D eigenvalue weighted by molar-refractivity contribution is 5.94. The summed E-state index contributed by atoms with van der Waals surface area (Å²) in [5.74, 6) is 0.636. The molecule has 5 heteroatoms. The minimum atomic E-state index is -0.135. The van der Waals surface area contributed by atoms with E-state index in [1.54, 1.807) is 7.11 Å². The fourth-order valence-electron chi connectivity index (χ4n) is 3.51. The first-order chi connectivity index (χ1) is 12.8. The number of aromatic nitrogens is 2. The number of methoxy groups -OCH3 is 1. The smallest absolute Gasteiger partial charge is 0.272 e. The van der Waals surface area contributed by atoms with E-state index in [0.29, 0.717) is 12.2 Å². The van der Waals surface area contributed by atoms with Crippen LogP contribution in [0.25, 0.3) is 5.69 Å². The first kappa shape index (κ1) is 16.4. The molecule has 1 aliphatic rings. The Morgan fingerprint density at radius 2 is 1.88 bits per heavy atom. The molecule has 2 aromatic carbocycles. The van der Waals surface area contributed by atoms with Gasteiger partial charge in [0, 0.05) is 23.4 Å². The molecule has 132 valence electrons. The highest BCUT2D eigenvalue weighted by Crippen LogP contribution is 2.28. The number of rotatable bonds is 5. The molecule has 0 bridgehead atoms. The van der Waals surface area contributed by atoms with E-state index in [4.69, 9.17) is 4.74 Å². The van der Waals surface area contributed by atoms with Crippen molar-refractivity contribution in [1.29, 1.82) is 0 Å². The van der Waals surface area contributed by atoms with Crippen molar-refractivity contribution in [2.24, 2.45) is 0 Å². The molecule has 1 aromatic heterocycles. The van der Waals surface area contributed by atoms with Crippen molar-refractivity contribution in [3.8, 4) is 11.4 Å². The fourth-order valence-corrected chi connectivity index (χ4v) is 3.51. The van der Waals surface area contributed by atoms with Gasteiger partial charge < -0.3 is 10.1 Å². The van der Waals surface area contributed by atoms with Gasteiger partial charge in [0.1, 0.15) is 5.75 Å². The van der Waals surface area contributed by atoms with Crippen molar-refractivity contribution < 1.29 is 9.53 Å². The van der Waals surface area contributed by atoms with E-state index in [-0.39, 0.29) is 5.91 Å². The lowest BCUT2D eigenvalue weighted by Gasteiger charge is -2.09. The quantitative estimate of drug-likeness (QED) is 0.770. The molecular formula is C21H21N3O2. The minimum absolute atomic E-state index is 0.135. The third-order valence-corrected chi connectivity index (χ3v) is 4.78. The first-order valence-corrected chi connectivity index (χ1v) is 8.84. The van der Waals surface area contributed by atoms with Gasteiger partial charge in [0.2, 0.25) is 0 Å². The van der Waals surface area contributed by atoms with Gasteiger partial charge in [-0.05, 0) is 37.5 Å². The van der Waals surface area contributed by atoms with Gasteiger partial charge in [-0.25, -0.2) is 4.68 Å². The molecule has 0 radical (unpaired) electrons. The highest BCUT2D eigenvalue weighted by atomic mass is 16.5. The number of nitrogens with zero attached hydrogens (tertiary/aromatic N) is 2. The van der Waals surface area contributed by atoms with Gasteiger partial charge in [-0.15, -0.1) is 0 Å². The monoisotopic (exact) mass is 347 g/mol. The van der Waals surface area contributed by atoms with E-state index in [1.807, 2.05) is 59.3 Å². The fraction of sp³-hybridized carbons (Fsp3) is 0.238. The third kappa shape index (κ3) is 2.96. The number of benzene rings is 2. The number of carbonyl (C=O) groups excluding carboxylic acids is 1. The Bertz CT molecular complexity index is 932. The Morgan fingerprint density at radius 3 is 2.69 bits per heavy atom. The molecule has 3 aromatic rings. The molecule has 1 heterocycles. The van der Waals surface area contributed by atoms with Crippen LogP contribution in [0.5, 0.6) is 5.75 Å². The van der Waals surface area contributed by atoms with Crippen LogP contribution in [0.4, 0.5) is 0 Å².